The molecule has 0 fully saturated rings. The van der Waals surface area contributed by atoms with Crippen molar-refractivity contribution in [2.75, 3.05) is 47.8 Å². The van der Waals surface area contributed by atoms with Gasteiger partial charge in [0, 0.05) is 32.7 Å². The molecule has 0 spiro atoms. The molecule has 29 heavy (non-hydrogen) atoms. The molecule has 0 heterocycles. The van der Waals surface area contributed by atoms with Crippen molar-refractivity contribution in [2.45, 2.75) is 45.6 Å². The van der Waals surface area contributed by atoms with Crippen molar-refractivity contribution < 1.29 is 4.79 Å². The van der Waals surface area contributed by atoms with Crippen molar-refractivity contribution >= 4 is 35.8 Å². The van der Waals surface area contributed by atoms with Gasteiger partial charge < -0.3 is 20.4 Å². The summed E-state index contributed by atoms with van der Waals surface area (Å²) >= 11 is 0. The van der Waals surface area contributed by atoms with Gasteiger partial charge in [0.05, 0.1) is 6.54 Å². The lowest BCUT2D eigenvalue weighted by atomic mass is 10.1. The fourth-order valence-electron chi connectivity index (χ4n) is 2.81. The Morgan fingerprint density at radius 1 is 0.931 bits per heavy atom. The first-order chi connectivity index (χ1) is 13.4. The zero-order chi connectivity index (χ0) is 20.8. The summed E-state index contributed by atoms with van der Waals surface area (Å²) in [6.45, 7) is 5.63. The lowest BCUT2D eigenvalue weighted by molar-refractivity contribution is 0.0827. The summed E-state index contributed by atoms with van der Waals surface area (Å²) < 4.78 is 0. The number of guanidine groups is 1. The van der Waals surface area contributed by atoms with Crippen LogP contribution in [0.4, 0.5) is 0 Å². The largest absolute Gasteiger partial charge is 0.357 e. The van der Waals surface area contributed by atoms with Crippen LogP contribution in [0.1, 0.15) is 54.9 Å². The average molecular weight is 518 g/mol. The van der Waals surface area contributed by atoms with Gasteiger partial charge in [-0.25, -0.2) is 4.99 Å². The van der Waals surface area contributed by atoms with Crippen LogP contribution in [0.3, 0.4) is 0 Å². The summed E-state index contributed by atoms with van der Waals surface area (Å²) in [6.07, 6.45) is 6.29. The van der Waals surface area contributed by atoms with Crippen LogP contribution >= 0.6 is 24.0 Å². The molecule has 7 heteroatoms. The van der Waals surface area contributed by atoms with Crippen LogP contribution in [-0.4, -0.2) is 69.5 Å². The molecule has 0 saturated carbocycles. The van der Waals surface area contributed by atoms with Gasteiger partial charge >= 0.3 is 0 Å². The first kappa shape index (κ1) is 27.6. The summed E-state index contributed by atoms with van der Waals surface area (Å²) in [5.74, 6) is 0.871. The Kier molecular flexibility index (Phi) is 15.7. The van der Waals surface area contributed by atoms with E-state index in [-0.39, 0.29) is 29.9 Å². The van der Waals surface area contributed by atoms with E-state index in [1.165, 1.54) is 32.2 Å². The summed E-state index contributed by atoms with van der Waals surface area (Å²) in [6, 6.07) is 7.67. The van der Waals surface area contributed by atoms with E-state index in [9.17, 15) is 4.79 Å². The Morgan fingerprint density at radius 3 is 2.14 bits per heavy atom. The standard InChI is InChI=1S/C22H39N5O.HI/c1-6-23-22(24-16-10-8-7-9-11-17-26(2)3)25-18-19-12-14-20(15-13-19)21(28)27(4)5;/h12-15H,6-11,16-18H2,1-5H3,(H2,23,24,25);1H. The van der Waals surface area contributed by atoms with Crippen LogP contribution < -0.4 is 10.6 Å². The number of nitrogens with one attached hydrogen (secondary N) is 2. The van der Waals surface area contributed by atoms with Gasteiger partial charge in [0.1, 0.15) is 0 Å². The normalized spacial score (nSPS) is 11.2. The van der Waals surface area contributed by atoms with E-state index in [0.29, 0.717) is 12.1 Å². The van der Waals surface area contributed by atoms with Crippen molar-refractivity contribution in [2.24, 2.45) is 4.99 Å². The second kappa shape index (κ2) is 16.4. The number of nitrogens with zero attached hydrogens (tertiary/aromatic N) is 3. The number of aliphatic imine (C=N–C) groups is 1. The van der Waals surface area contributed by atoms with Gasteiger partial charge in [0.2, 0.25) is 0 Å². The molecule has 0 aromatic heterocycles. The number of unbranched alkanes of at least 4 members (excludes halogenated alkanes) is 4. The molecular formula is C22H40IN5O. The Morgan fingerprint density at radius 2 is 1.55 bits per heavy atom. The lowest BCUT2D eigenvalue weighted by Crippen LogP contribution is -2.37. The van der Waals surface area contributed by atoms with Crippen LogP contribution in [0.5, 0.6) is 0 Å². The predicted octanol–water partition coefficient (Wildman–Crippen LogP) is 3.57. The van der Waals surface area contributed by atoms with E-state index >= 15 is 0 Å². The minimum Gasteiger partial charge on any atom is -0.357 e. The molecule has 1 aromatic rings. The highest BCUT2D eigenvalue weighted by Gasteiger charge is 2.07. The number of carbonyl (C=O) groups is 1. The highest BCUT2D eigenvalue weighted by molar-refractivity contribution is 14.0. The Hall–Kier alpha value is -1.35. The van der Waals surface area contributed by atoms with E-state index in [2.05, 4.69) is 41.5 Å². The van der Waals surface area contributed by atoms with Crippen LogP contribution in [0.15, 0.2) is 29.3 Å². The molecular weight excluding hydrogens is 477 g/mol. The van der Waals surface area contributed by atoms with E-state index in [4.69, 9.17) is 0 Å². The molecule has 0 saturated heterocycles. The first-order valence-electron chi connectivity index (χ1n) is 10.4. The summed E-state index contributed by atoms with van der Waals surface area (Å²) in [5, 5.41) is 6.71. The van der Waals surface area contributed by atoms with Crippen molar-refractivity contribution in [1.82, 2.24) is 20.4 Å². The highest BCUT2D eigenvalue weighted by Crippen LogP contribution is 2.07. The monoisotopic (exact) mass is 517 g/mol. The molecule has 0 bridgehead atoms. The number of carbonyl (C=O) groups excluding carboxylic acids is 1. The molecule has 0 radical (unpaired) electrons. The van der Waals surface area contributed by atoms with Gasteiger partial charge in [0.15, 0.2) is 5.96 Å². The lowest BCUT2D eigenvalue weighted by Gasteiger charge is -2.12. The quantitative estimate of drug-likeness (QED) is 0.193. The van der Waals surface area contributed by atoms with E-state index in [0.717, 1.165) is 31.0 Å². The van der Waals surface area contributed by atoms with Crippen LogP contribution in [0.2, 0.25) is 0 Å². The number of hydrogen-bond donors (Lipinski definition) is 2. The van der Waals surface area contributed by atoms with Crippen LogP contribution in [0, 0.1) is 0 Å². The van der Waals surface area contributed by atoms with Gasteiger partial charge in [0.25, 0.3) is 5.91 Å². The second-order valence-electron chi connectivity index (χ2n) is 7.59. The second-order valence-corrected chi connectivity index (χ2v) is 7.59. The Balaban J connectivity index is 0.00000784. The maximum absolute atomic E-state index is 11.9. The van der Waals surface area contributed by atoms with Crippen molar-refractivity contribution in [3.05, 3.63) is 35.4 Å². The molecule has 1 amide bonds. The summed E-state index contributed by atoms with van der Waals surface area (Å²) in [4.78, 5) is 20.4. The van der Waals surface area contributed by atoms with Crippen LogP contribution in [0.25, 0.3) is 0 Å². The maximum atomic E-state index is 11.9. The predicted molar refractivity (Wildman–Crippen MR) is 134 cm³/mol. The molecule has 166 valence electrons. The van der Waals surface area contributed by atoms with Gasteiger partial charge in [-0.3, -0.25) is 4.79 Å². The van der Waals surface area contributed by atoms with Gasteiger partial charge in [-0.05, 0) is 58.1 Å². The van der Waals surface area contributed by atoms with Crippen molar-refractivity contribution in [3.63, 3.8) is 0 Å². The van der Waals surface area contributed by atoms with E-state index in [1.54, 1.807) is 19.0 Å². The smallest absolute Gasteiger partial charge is 0.253 e. The van der Waals surface area contributed by atoms with E-state index in [1.807, 2.05) is 24.3 Å². The fraction of sp³-hybridized carbons (Fsp3) is 0.636. The minimum absolute atomic E-state index is 0. The molecule has 1 rings (SSSR count). The van der Waals surface area contributed by atoms with Gasteiger partial charge in [-0.1, -0.05) is 31.4 Å². The molecule has 0 aliphatic rings. The third-order valence-electron chi connectivity index (χ3n) is 4.45. The fourth-order valence-corrected chi connectivity index (χ4v) is 2.81. The number of hydrogen-bond acceptors (Lipinski definition) is 3. The van der Waals surface area contributed by atoms with Crippen LogP contribution in [-0.2, 0) is 6.54 Å². The zero-order valence-corrected chi connectivity index (χ0v) is 21.2. The first-order valence-corrected chi connectivity index (χ1v) is 10.4. The third-order valence-corrected chi connectivity index (χ3v) is 4.45. The maximum Gasteiger partial charge on any atom is 0.253 e. The summed E-state index contributed by atoms with van der Waals surface area (Å²) in [5.41, 5.74) is 1.79. The zero-order valence-electron chi connectivity index (χ0n) is 18.8. The number of amides is 1. The number of rotatable bonds is 12. The molecule has 0 unspecified atom stereocenters. The Bertz CT molecular complexity index is 587. The van der Waals surface area contributed by atoms with Crippen molar-refractivity contribution in [3.8, 4) is 0 Å². The molecule has 0 atom stereocenters. The molecule has 0 aliphatic heterocycles. The van der Waals surface area contributed by atoms with Gasteiger partial charge in [-0.2, -0.15) is 0 Å². The van der Waals surface area contributed by atoms with Gasteiger partial charge in [-0.15, -0.1) is 24.0 Å². The number of benzene rings is 1. The molecule has 2 N–H and O–H groups in total. The number of halogens is 1. The summed E-state index contributed by atoms with van der Waals surface area (Å²) in [7, 11) is 7.78. The minimum atomic E-state index is 0. The topological polar surface area (TPSA) is 60.0 Å². The Labute approximate surface area is 194 Å². The third kappa shape index (κ3) is 12.7. The van der Waals surface area contributed by atoms with E-state index < -0.39 is 0 Å². The highest BCUT2D eigenvalue weighted by atomic mass is 127. The molecule has 1 aromatic carbocycles. The average Bonchev–Trinajstić information content (AvgIpc) is 2.67. The SMILES string of the molecule is CCNC(=NCc1ccc(C(=O)N(C)C)cc1)NCCCCCCCN(C)C.I. The molecule has 0 aliphatic carbocycles. The van der Waals surface area contributed by atoms with Crippen molar-refractivity contribution in [1.29, 1.82) is 0 Å². The molecule has 6 nitrogen and oxygen atoms in total.